The maximum atomic E-state index is 6.41. The molecule has 0 N–H and O–H groups in total. The first-order valence-electron chi connectivity index (χ1n) is 10.9. The van der Waals surface area contributed by atoms with E-state index in [1.54, 1.807) is 0 Å². The molecule has 0 saturated heterocycles. The fraction of sp³-hybridized carbons (Fsp3) is 0. The Morgan fingerprint density at radius 1 is 0.455 bits per heavy atom. The molecule has 0 amide bonds. The van der Waals surface area contributed by atoms with Crippen molar-refractivity contribution >= 4 is 43.9 Å². The molecule has 0 fully saturated rings. The minimum Gasteiger partial charge on any atom is -0.457 e. The van der Waals surface area contributed by atoms with Gasteiger partial charge in [0.2, 0.25) is 0 Å². The van der Waals surface area contributed by atoms with Crippen LogP contribution < -0.4 is 4.74 Å². The van der Waals surface area contributed by atoms with Gasteiger partial charge in [-0.1, -0.05) is 60.7 Å². The van der Waals surface area contributed by atoms with Gasteiger partial charge in [0.05, 0.1) is 0 Å². The monoisotopic (exact) mass is 426 g/mol. The number of benzene rings is 5. The Morgan fingerprint density at radius 2 is 1.03 bits per heavy atom. The van der Waals surface area contributed by atoms with E-state index < -0.39 is 0 Å². The lowest BCUT2D eigenvalue weighted by Gasteiger charge is -2.11. The van der Waals surface area contributed by atoms with Crippen LogP contribution in [-0.2, 0) is 0 Å². The molecule has 7 rings (SSSR count). The third kappa shape index (κ3) is 2.90. The summed E-state index contributed by atoms with van der Waals surface area (Å²) in [5.74, 6) is 1.58. The van der Waals surface area contributed by atoms with E-state index in [0.717, 1.165) is 66.5 Å². The summed E-state index contributed by atoms with van der Waals surface area (Å²) in [7, 11) is 0. The van der Waals surface area contributed by atoms with Crippen LogP contribution >= 0.6 is 0 Å². The largest absolute Gasteiger partial charge is 0.457 e. The van der Waals surface area contributed by atoms with E-state index in [1.807, 2.05) is 78.9 Å². The van der Waals surface area contributed by atoms with E-state index in [9.17, 15) is 0 Å². The minimum atomic E-state index is 0.774. The maximum absolute atomic E-state index is 6.41. The van der Waals surface area contributed by atoms with E-state index in [0.29, 0.717) is 0 Å². The standard InChI is InChI=1S/C30H18O3/c1-4-10-26(31-20-14-16-30-25(18-20)23-9-3-6-12-28(23)33-30)21(7-1)19-13-15-29-24(17-19)22-8-2-5-11-27(22)32-29/h1-18H. The van der Waals surface area contributed by atoms with Gasteiger partial charge in [0.25, 0.3) is 0 Å². The highest BCUT2D eigenvalue weighted by atomic mass is 16.5. The molecule has 0 saturated carbocycles. The van der Waals surface area contributed by atoms with Gasteiger partial charge in [-0.2, -0.15) is 0 Å². The lowest BCUT2D eigenvalue weighted by atomic mass is 10.0. The minimum absolute atomic E-state index is 0.774. The number of furan rings is 2. The first-order valence-corrected chi connectivity index (χ1v) is 10.9. The molecule has 0 bridgehead atoms. The summed E-state index contributed by atoms with van der Waals surface area (Å²) in [6, 6.07) is 36.6. The smallest absolute Gasteiger partial charge is 0.135 e. The highest BCUT2D eigenvalue weighted by molar-refractivity contribution is 6.07. The van der Waals surface area contributed by atoms with Crippen molar-refractivity contribution in [2.24, 2.45) is 0 Å². The number of rotatable bonds is 3. The molecule has 0 atom stereocenters. The SMILES string of the molecule is c1ccc(-c2ccc3oc4ccccc4c3c2)c(Oc2ccc3oc4ccccc4c3c2)c1. The quantitative estimate of drug-likeness (QED) is 0.283. The number of fused-ring (bicyclic) bond motifs is 6. The second kappa shape index (κ2) is 7.01. The van der Waals surface area contributed by atoms with E-state index >= 15 is 0 Å². The average molecular weight is 426 g/mol. The van der Waals surface area contributed by atoms with Crippen molar-refractivity contribution in [2.45, 2.75) is 0 Å². The average Bonchev–Trinajstić information content (AvgIpc) is 3.42. The van der Waals surface area contributed by atoms with Crippen molar-refractivity contribution < 1.29 is 13.6 Å². The van der Waals surface area contributed by atoms with E-state index in [-0.39, 0.29) is 0 Å². The zero-order chi connectivity index (χ0) is 21.8. The molecular formula is C30H18O3. The van der Waals surface area contributed by atoms with Gasteiger partial charge in [-0.25, -0.2) is 0 Å². The summed E-state index contributed by atoms with van der Waals surface area (Å²) in [6.07, 6.45) is 0. The molecule has 5 aromatic carbocycles. The lowest BCUT2D eigenvalue weighted by Crippen LogP contribution is -1.88. The highest BCUT2D eigenvalue weighted by Crippen LogP contribution is 2.38. The fourth-order valence-corrected chi connectivity index (χ4v) is 4.58. The van der Waals surface area contributed by atoms with Gasteiger partial charge in [0.1, 0.15) is 33.8 Å². The molecular weight excluding hydrogens is 408 g/mol. The van der Waals surface area contributed by atoms with Gasteiger partial charge in [-0.3, -0.25) is 0 Å². The van der Waals surface area contributed by atoms with Crippen LogP contribution in [-0.4, -0.2) is 0 Å². The zero-order valence-corrected chi connectivity index (χ0v) is 17.6. The second-order valence-electron chi connectivity index (χ2n) is 8.16. The summed E-state index contributed by atoms with van der Waals surface area (Å²) in [5.41, 5.74) is 5.63. The first kappa shape index (κ1) is 18.1. The summed E-state index contributed by atoms with van der Waals surface area (Å²) in [4.78, 5) is 0. The van der Waals surface area contributed by atoms with Crippen molar-refractivity contribution in [2.75, 3.05) is 0 Å². The van der Waals surface area contributed by atoms with Crippen LogP contribution in [0.15, 0.2) is 118 Å². The molecule has 2 heterocycles. The molecule has 7 aromatic rings. The summed E-state index contributed by atoms with van der Waals surface area (Å²) >= 11 is 0. The normalized spacial score (nSPS) is 11.6. The van der Waals surface area contributed by atoms with Crippen LogP contribution in [0.3, 0.4) is 0 Å². The van der Waals surface area contributed by atoms with Crippen LogP contribution in [0.25, 0.3) is 55.0 Å². The van der Waals surface area contributed by atoms with Gasteiger partial charge < -0.3 is 13.6 Å². The van der Waals surface area contributed by atoms with Gasteiger partial charge >= 0.3 is 0 Å². The molecule has 0 radical (unpaired) electrons. The number of ether oxygens (including phenoxy) is 1. The fourth-order valence-electron chi connectivity index (χ4n) is 4.58. The number of hydrogen-bond donors (Lipinski definition) is 0. The third-order valence-electron chi connectivity index (χ3n) is 6.15. The lowest BCUT2D eigenvalue weighted by molar-refractivity contribution is 0.485. The molecule has 156 valence electrons. The van der Waals surface area contributed by atoms with E-state index in [2.05, 4.69) is 30.3 Å². The summed E-state index contributed by atoms with van der Waals surface area (Å²) in [6.45, 7) is 0. The van der Waals surface area contributed by atoms with E-state index in [4.69, 9.17) is 13.6 Å². The maximum Gasteiger partial charge on any atom is 0.135 e. The van der Waals surface area contributed by atoms with Gasteiger partial charge in [0.15, 0.2) is 0 Å². The Kier molecular flexibility index (Phi) is 3.84. The zero-order valence-electron chi connectivity index (χ0n) is 17.6. The van der Waals surface area contributed by atoms with Crippen molar-refractivity contribution in [3.63, 3.8) is 0 Å². The second-order valence-corrected chi connectivity index (χ2v) is 8.16. The van der Waals surface area contributed by atoms with Gasteiger partial charge in [-0.15, -0.1) is 0 Å². The molecule has 0 unspecified atom stereocenters. The van der Waals surface area contributed by atoms with Gasteiger partial charge in [0, 0.05) is 27.1 Å². The number of hydrogen-bond acceptors (Lipinski definition) is 3. The molecule has 0 aliphatic carbocycles. The van der Waals surface area contributed by atoms with Crippen LogP contribution in [0.1, 0.15) is 0 Å². The van der Waals surface area contributed by atoms with Crippen molar-refractivity contribution in [1.82, 2.24) is 0 Å². The van der Waals surface area contributed by atoms with Crippen molar-refractivity contribution in [3.8, 4) is 22.6 Å². The Labute approximate surface area is 189 Å². The highest BCUT2D eigenvalue weighted by Gasteiger charge is 2.13. The molecule has 0 spiro atoms. The van der Waals surface area contributed by atoms with Crippen LogP contribution in [0.2, 0.25) is 0 Å². The molecule has 0 aliphatic rings. The first-order chi connectivity index (χ1) is 16.3. The van der Waals surface area contributed by atoms with E-state index in [1.165, 1.54) is 0 Å². The van der Waals surface area contributed by atoms with Gasteiger partial charge in [-0.05, 0) is 54.1 Å². The summed E-state index contributed by atoms with van der Waals surface area (Å²) in [5, 5.41) is 4.35. The van der Waals surface area contributed by atoms with Crippen molar-refractivity contribution in [3.05, 3.63) is 109 Å². The molecule has 3 heteroatoms. The molecule has 3 nitrogen and oxygen atoms in total. The number of para-hydroxylation sites is 3. The predicted octanol–water partition coefficient (Wildman–Crippen LogP) is 8.94. The molecule has 0 aliphatic heterocycles. The Hall–Kier alpha value is -4.50. The Morgan fingerprint density at radius 3 is 1.79 bits per heavy atom. The third-order valence-corrected chi connectivity index (χ3v) is 6.15. The Balaban J connectivity index is 1.33. The van der Waals surface area contributed by atoms with Crippen LogP contribution in [0.5, 0.6) is 11.5 Å². The topological polar surface area (TPSA) is 35.5 Å². The summed E-state index contributed by atoms with van der Waals surface area (Å²) < 4.78 is 18.4. The predicted molar refractivity (Wildman–Crippen MR) is 133 cm³/mol. The molecule has 33 heavy (non-hydrogen) atoms. The van der Waals surface area contributed by atoms with Crippen LogP contribution in [0, 0.1) is 0 Å². The molecule has 2 aromatic heterocycles. The van der Waals surface area contributed by atoms with Crippen molar-refractivity contribution in [1.29, 1.82) is 0 Å². The Bertz CT molecular complexity index is 1800. The van der Waals surface area contributed by atoms with Crippen LogP contribution in [0.4, 0.5) is 0 Å².